The lowest BCUT2D eigenvalue weighted by Gasteiger charge is -2.11. The molecule has 16 heavy (non-hydrogen) atoms. The predicted molar refractivity (Wildman–Crippen MR) is 60.8 cm³/mol. The molecule has 0 spiro atoms. The summed E-state index contributed by atoms with van der Waals surface area (Å²) in [5.74, 6) is -1.38. The number of aryl methyl sites for hydroxylation is 2. The maximum Gasteiger partial charge on any atom is 0.326 e. The van der Waals surface area contributed by atoms with Crippen molar-refractivity contribution < 1.29 is 14.7 Å². The molecule has 0 aliphatic heterocycles. The Morgan fingerprint density at radius 2 is 2.12 bits per heavy atom. The molecule has 0 saturated heterocycles. The van der Waals surface area contributed by atoms with Gasteiger partial charge in [0.25, 0.3) is 5.91 Å². The normalized spacial score (nSPS) is 12.2. The summed E-state index contributed by atoms with van der Waals surface area (Å²) in [5.41, 5.74) is 0.639. The van der Waals surface area contributed by atoms with Crippen LogP contribution in [0.5, 0.6) is 0 Å². The van der Waals surface area contributed by atoms with Crippen molar-refractivity contribution in [2.24, 2.45) is 0 Å². The monoisotopic (exact) mass is 242 g/mol. The van der Waals surface area contributed by atoms with E-state index in [1.54, 1.807) is 13.8 Å². The second-order valence-corrected chi connectivity index (χ2v) is 4.62. The maximum atomic E-state index is 11.7. The van der Waals surface area contributed by atoms with Crippen LogP contribution in [0.2, 0.25) is 0 Å². The summed E-state index contributed by atoms with van der Waals surface area (Å²) >= 11 is 1.27. The molecule has 1 atom stereocenters. The van der Waals surface area contributed by atoms with Crippen LogP contribution in [-0.2, 0) is 4.79 Å². The van der Waals surface area contributed by atoms with Crippen LogP contribution in [0, 0.1) is 13.8 Å². The summed E-state index contributed by atoms with van der Waals surface area (Å²) in [5, 5.41) is 12.1. The van der Waals surface area contributed by atoms with Gasteiger partial charge in [0.2, 0.25) is 0 Å². The van der Waals surface area contributed by atoms with Crippen LogP contribution in [0.3, 0.4) is 0 Å². The van der Waals surface area contributed by atoms with E-state index in [4.69, 9.17) is 5.11 Å². The molecule has 1 amide bonds. The number of aromatic nitrogens is 1. The quantitative estimate of drug-likeness (QED) is 0.835. The van der Waals surface area contributed by atoms with Gasteiger partial charge in [-0.1, -0.05) is 6.92 Å². The number of carbonyl (C=O) groups excluding carboxylic acids is 1. The molecule has 2 N–H and O–H groups in total. The molecule has 0 bridgehead atoms. The molecule has 0 aliphatic carbocycles. The summed E-state index contributed by atoms with van der Waals surface area (Å²) in [6, 6.07) is -0.839. The summed E-state index contributed by atoms with van der Waals surface area (Å²) in [4.78, 5) is 27.1. The van der Waals surface area contributed by atoms with Crippen LogP contribution in [0.1, 0.15) is 33.7 Å². The Kier molecular flexibility index (Phi) is 4.00. The van der Waals surface area contributed by atoms with E-state index in [9.17, 15) is 9.59 Å². The molecule has 0 fully saturated rings. The number of rotatable bonds is 4. The van der Waals surface area contributed by atoms with E-state index in [0.717, 1.165) is 5.01 Å². The van der Waals surface area contributed by atoms with Crippen molar-refractivity contribution in [1.82, 2.24) is 10.3 Å². The lowest BCUT2D eigenvalue weighted by Crippen LogP contribution is -2.40. The van der Waals surface area contributed by atoms with Crippen LogP contribution < -0.4 is 5.32 Å². The van der Waals surface area contributed by atoms with Gasteiger partial charge in [-0.3, -0.25) is 4.79 Å². The third-order valence-electron chi connectivity index (χ3n) is 2.12. The number of hydrogen-bond acceptors (Lipinski definition) is 4. The van der Waals surface area contributed by atoms with Gasteiger partial charge in [-0.05, 0) is 20.3 Å². The van der Waals surface area contributed by atoms with E-state index >= 15 is 0 Å². The number of nitrogens with one attached hydrogen (secondary N) is 1. The number of aliphatic carboxylic acids is 1. The van der Waals surface area contributed by atoms with Crippen LogP contribution in [0.15, 0.2) is 0 Å². The first-order valence-corrected chi connectivity index (χ1v) is 5.75. The van der Waals surface area contributed by atoms with Crippen LogP contribution in [0.4, 0.5) is 0 Å². The number of amides is 1. The van der Waals surface area contributed by atoms with Crippen molar-refractivity contribution in [3.8, 4) is 0 Å². The van der Waals surface area contributed by atoms with Crippen molar-refractivity contribution in [2.45, 2.75) is 33.2 Å². The van der Waals surface area contributed by atoms with E-state index in [0.29, 0.717) is 17.0 Å². The smallest absolute Gasteiger partial charge is 0.326 e. The van der Waals surface area contributed by atoms with Gasteiger partial charge in [0.15, 0.2) is 0 Å². The van der Waals surface area contributed by atoms with E-state index in [1.807, 2.05) is 6.92 Å². The third kappa shape index (κ3) is 2.79. The molecular weight excluding hydrogens is 228 g/mol. The van der Waals surface area contributed by atoms with E-state index < -0.39 is 12.0 Å². The van der Waals surface area contributed by atoms with Gasteiger partial charge in [-0.15, -0.1) is 11.3 Å². The maximum absolute atomic E-state index is 11.7. The molecule has 88 valence electrons. The fourth-order valence-electron chi connectivity index (χ4n) is 1.30. The zero-order valence-corrected chi connectivity index (χ0v) is 10.2. The summed E-state index contributed by atoms with van der Waals surface area (Å²) in [6.45, 7) is 5.26. The van der Waals surface area contributed by atoms with E-state index in [1.165, 1.54) is 11.3 Å². The highest BCUT2D eigenvalue weighted by Gasteiger charge is 2.21. The number of carbonyl (C=O) groups is 2. The van der Waals surface area contributed by atoms with Gasteiger partial charge < -0.3 is 10.4 Å². The second-order valence-electron chi connectivity index (χ2n) is 3.42. The molecule has 0 radical (unpaired) electrons. The fourth-order valence-corrected chi connectivity index (χ4v) is 2.13. The molecule has 0 unspecified atom stereocenters. The van der Waals surface area contributed by atoms with Crippen molar-refractivity contribution >= 4 is 23.2 Å². The number of nitrogens with zero attached hydrogens (tertiary/aromatic N) is 1. The van der Waals surface area contributed by atoms with Gasteiger partial charge in [-0.2, -0.15) is 0 Å². The Hall–Kier alpha value is -1.43. The molecule has 1 heterocycles. The molecule has 6 heteroatoms. The third-order valence-corrected chi connectivity index (χ3v) is 3.19. The first-order chi connectivity index (χ1) is 7.45. The van der Waals surface area contributed by atoms with Crippen LogP contribution >= 0.6 is 11.3 Å². The molecule has 0 aliphatic rings. The Balaban J connectivity index is 2.79. The van der Waals surface area contributed by atoms with Crippen molar-refractivity contribution in [1.29, 1.82) is 0 Å². The molecule has 0 aromatic carbocycles. The van der Waals surface area contributed by atoms with Gasteiger partial charge in [0.1, 0.15) is 10.9 Å². The lowest BCUT2D eigenvalue weighted by molar-refractivity contribution is -0.139. The fraction of sp³-hybridized carbons (Fsp3) is 0.500. The average Bonchev–Trinajstić information content (AvgIpc) is 2.53. The Morgan fingerprint density at radius 1 is 1.50 bits per heavy atom. The summed E-state index contributed by atoms with van der Waals surface area (Å²) < 4.78 is 0. The molecular formula is C10H14N2O3S. The van der Waals surface area contributed by atoms with Crippen LogP contribution in [0.25, 0.3) is 0 Å². The second kappa shape index (κ2) is 5.07. The predicted octanol–water partition coefficient (Wildman–Crippen LogP) is 1.35. The summed E-state index contributed by atoms with van der Waals surface area (Å²) in [6.07, 6.45) is 0.359. The molecule has 5 nitrogen and oxygen atoms in total. The van der Waals surface area contributed by atoms with Crippen molar-refractivity contribution in [3.63, 3.8) is 0 Å². The van der Waals surface area contributed by atoms with Gasteiger partial charge in [0, 0.05) is 0 Å². The van der Waals surface area contributed by atoms with E-state index in [-0.39, 0.29) is 5.91 Å². The highest BCUT2D eigenvalue weighted by Crippen LogP contribution is 2.17. The Bertz CT molecular complexity index is 414. The highest BCUT2D eigenvalue weighted by molar-refractivity contribution is 7.13. The zero-order chi connectivity index (χ0) is 12.3. The Labute approximate surface area is 97.5 Å². The minimum Gasteiger partial charge on any atom is -0.480 e. The number of hydrogen-bond donors (Lipinski definition) is 2. The largest absolute Gasteiger partial charge is 0.480 e. The van der Waals surface area contributed by atoms with E-state index in [2.05, 4.69) is 10.3 Å². The van der Waals surface area contributed by atoms with Crippen LogP contribution in [-0.4, -0.2) is 28.0 Å². The molecule has 1 rings (SSSR count). The number of carboxylic acid groups (broad SMARTS) is 1. The first kappa shape index (κ1) is 12.6. The highest BCUT2D eigenvalue weighted by atomic mass is 32.1. The number of carboxylic acids is 1. The van der Waals surface area contributed by atoms with Gasteiger partial charge in [0.05, 0.1) is 10.7 Å². The minimum atomic E-state index is -1.02. The standard InChI is InChI=1S/C10H14N2O3S/c1-4-7(10(14)15)12-9(13)8-5(2)11-6(3)16-8/h7H,4H2,1-3H3,(H,12,13)(H,14,15)/t7-/m1/s1. The topological polar surface area (TPSA) is 79.3 Å². The molecule has 1 aromatic rings. The average molecular weight is 242 g/mol. The molecule has 1 aromatic heterocycles. The van der Waals surface area contributed by atoms with Gasteiger partial charge in [-0.25, -0.2) is 9.78 Å². The number of thiazole rings is 1. The van der Waals surface area contributed by atoms with Crippen molar-refractivity contribution in [2.75, 3.05) is 0 Å². The van der Waals surface area contributed by atoms with Gasteiger partial charge >= 0.3 is 5.97 Å². The first-order valence-electron chi connectivity index (χ1n) is 4.93. The molecule has 0 saturated carbocycles. The minimum absolute atomic E-state index is 0.359. The Morgan fingerprint density at radius 3 is 2.50 bits per heavy atom. The van der Waals surface area contributed by atoms with Crippen molar-refractivity contribution in [3.05, 3.63) is 15.6 Å². The zero-order valence-electron chi connectivity index (χ0n) is 9.40. The lowest BCUT2D eigenvalue weighted by atomic mass is 10.2. The SMILES string of the molecule is CC[C@@H](NC(=O)c1sc(C)nc1C)C(=O)O. The summed E-state index contributed by atoms with van der Waals surface area (Å²) in [7, 11) is 0.